The van der Waals surface area contributed by atoms with Crippen LogP contribution >= 0.6 is 11.6 Å². The second-order valence-corrected chi connectivity index (χ2v) is 6.38. The molecule has 132 valence electrons. The lowest BCUT2D eigenvalue weighted by molar-refractivity contribution is 0.0946. The van der Waals surface area contributed by atoms with Crippen molar-refractivity contribution in [2.45, 2.75) is 32.9 Å². The van der Waals surface area contributed by atoms with Crippen LogP contribution in [0.5, 0.6) is 11.5 Å². The average Bonchev–Trinajstić information content (AvgIpc) is 2.91. The van der Waals surface area contributed by atoms with Crippen molar-refractivity contribution in [1.29, 1.82) is 0 Å². The first-order chi connectivity index (χ1) is 12.0. The van der Waals surface area contributed by atoms with Crippen LogP contribution in [0.15, 0.2) is 30.3 Å². The Balaban J connectivity index is 1.78. The van der Waals surface area contributed by atoms with Crippen LogP contribution < -0.4 is 14.8 Å². The van der Waals surface area contributed by atoms with Gasteiger partial charge in [-0.2, -0.15) is 0 Å². The van der Waals surface area contributed by atoms with E-state index in [0.717, 1.165) is 29.4 Å². The standard InChI is InChI=1S/C19H19ClFNO3/c1-3-24-17-7-12-6-11(2)25-18(12)8-13(17)10-22-19(23)15-5-4-14(20)9-16(15)21/h4-5,7-9,11H,3,6,10H2,1-2H3,(H,22,23)/t11-/m0/s1. The molecule has 6 heteroatoms. The van der Waals surface area contributed by atoms with Crippen molar-refractivity contribution in [1.82, 2.24) is 5.32 Å². The fourth-order valence-electron chi connectivity index (χ4n) is 2.85. The Bertz CT molecular complexity index is 809. The Kier molecular flexibility index (Phi) is 5.13. The van der Waals surface area contributed by atoms with Crippen molar-refractivity contribution in [3.8, 4) is 11.5 Å². The number of ether oxygens (including phenoxy) is 2. The molecule has 1 N–H and O–H groups in total. The summed E-state index contributed by atoms with van der Waals surface area (Å²) >= 11 is 5.71. The molecule has 0 saturated carbocycles. The van der Waals surface area contributed by atoms with Crippen molar-refractivity contribution in [2.75, 3.05) is 6.61 Å². The summed E-state index contributed by atoms with van der Waals surface area (Å²) in [5.74, 6) is 0.348. The first kappa shape index (κ1) is 17.5. The lowest BCUT2D eigenvalue weighted by atomic mass is 10.1. The highest BCUT2D eigenvalue weighted by Gasteiger charge is 2.22. The van der Waals surface area contributed by atoms with Crippen LogP contribution in [0.2, 0.25) is 5.02 Å². The zero-order valence-electron chi connectivity index (χ0n) is 14.1. The van der Waals surface area contributed by atoms with Crippen LogP contribution in [0, 0.1) is 5.82 Å². The number of nitrogens with one attached hydrogen (secondary N) is 1. The van der Waals surface area contributed by atoms with Gasteiger partial charge in [-0.3, -0.25) is 4.79 Å². The first-order valence-electron chi connectivity index (χ1n) is 8.16. The maximum atomic E-state index is 13.9. The van der Waals surface area contributed by atoms with Gasteiger partial charge in [0.2, 0.25) is 0 Å². The minimum atomic E-state index is -0.652. The fourth-order valence-corrected chi connectivity index (χ4v) is 3.01. The highest BCUT2D eigenvalue weighted by atomic mass is 35.5. The molecule has 2 aromatic rings. The van der Waals surface area contributed by atoms with Gasteiger partial charge in [0.1, 0.15) is 23.4 Å². The molecular weight excluding hydrogens is 345 g/mol. The third kappa shape index (κ3) is 3.87. The van der Waals surface area contributed by atoms with E-state index >= 15 is 0 Å². The molecule has 0 radical (unpaired) electrons. The van der Waals surface area contributed by atoms with Gasteiger partial charge in [0, 0.05) is 29.1 Å². The van der Waals surface area contributed by atoms with Gasteiger partial charge in [-0.25, -0.2) is 4.39 Å². The van der Waals surface area contributed by atoms with Gasteiger partial charge in [0.25, 0.3) is 5.91 Å². The molecule has 0 spiro atoms. The molecule has 2 aromatic carbocycles. The van der Waals surface area contributed by atoms with Crippen LogP contribution in [-0.2, 0) is 13.0 Å². The van der Waals surface area contributed by atoms with Gasteiger partial charge in [0.15, 0.2) is 0 Å². The Hall–Kier alpha value is -2.27. The fraction of sp³-hybridized carbons (Fsp3) is 0.316. The monoisotopic (exact) mass is 363 g/mol. The van der Waals surface area contributed by atoms with Gasteiger partial charge >= 0.3 is 0 Å². The summed E-state index contributed by atoms with van der Waals surface area (Å²) < 4.78 is 25.3. The highest BCUT2D eigenvalue weighted by Crippen LogP contribution is 2.35. The SMILES string of the molecule is CCOc1cc2c(cc1CNC(=O)c1ccc(Cl)cc1F)O[C@@H](C)C2. The molecule has 1 atom stereocenters. The molecule has 1 aliphatic rings. The minimum Gasteiger partial charge on any atom is -0.494 e. The van der Waals surface area contributed by atoms with E-state index in [9.17, 15) is 9.18 Å². The smallest absolute Gasteiger partial charge is 0.254 e. The number of carbonyl (C=O) groups is 1. The van der Waals surface area contributed by atoms with Crippen LogP contribution in [0.4, 0.5) is 4.39 Å². The summed E-state index contributed by atoms with van der Waals surface area (Å²) in [7, 11) is 0. The number of carbonyl (C=O) groups excluding carboxylic acids is 1. The Morgan fingerprint density at radius 3 is 2.92 bits per heavy atom. The summed E-state index contributed by atoms with van der Waals surface area (Å²) in [6, 6.07) is 7.79. The molecule has 4 nitrogen and oxygen atoms in total. The Labute approximate surface area is 150 Å². The predicted molar refractivity (Wildman–Crippen MR) is 94.0 cm³/mol. The van der Waals surface area contributed by atoms with E-state index in [1.165, 1.54) is 12.1 Å². The van der Waals surface area contributed by atoms with E-state index in [-0.39, 0.29) is 23.2 Å². The van der Waals surface area contributed by atoms with E-state index in [2.05, 4.69) is 5.32 Å². The largest absolute Gasteiger partial charge is 0.494 e. The minimum absolute atomic E-state index is 0.0478. The number of hydrogen-bond acceptors (Lipinski definition) is 3. The number of fused-ring (bicyclic) bond motifs is 1. The lowest BCUT2D eigenvalue weighted by Crippen LogP contribution is -2.24. The van der Waals surface area contributed by atoms with Gasteiger partial charge in [-0.1, -0.05) is 11.6 Å². The van der Waals surface area contributed by atoms with Crippen molar-refractivity contribution >= 4 is 17.5 Å². The van der Waals surface area contributed by atoms with Crippen molar-refractivity contribution in [3.05, 3.63) is 57.9 Å². The van der Waals surface area contributed by atoms with Gasteiger partial charge in [-0.15, -0.1) is 0 Å². The molecule has 0 aromatic heterocycles. The first-order valence-corrected chi connectivity index (χ1v) is 8.54. The number of hydrogen-bond donors (Lipinski definition) is 1. The van der Waals surface area contributed by atoms with E-state index in [1.807, 2.05) is 26.0 Å². The lowest BCUT2D eigenvalue weighted by Gasteiger charge is -2.13. The second-order valence-electron chi connectivity index (χ2n) is 5.94. The van der Waals surface area contributed by atoms with E-state index < -0.39 is 11.7 Å². The van der Waals surface area contributed by atoms with Gasteiger partial charge in [-0.05, 0) is 44.2 Å². The van der Waals surface area contributed by atoms with Crippen LogP contribution in [0.25, 0.3) is 0 Å². The third-order valence-electron chi connectivity index (χ3n) is 3.99. The summed E-state index contributed by atoms with van der Waals surface area (Å²) in [4.78, 5) is 12.2. The number of halogens is 2. The van der Waals surface area contributed by atoms with Crippen molar-refractivity contribution in [3.63, 3.8) is 0 Å². The summed E-state index contributed by atoms with van der Waals surface area (Å²) in [6.45, 7) is 4.63. The number of rotatable bonds is 5. The van der Waals surface area contributed by atoms with Crippen LogP contribution in [0.1, 0.15) is 35.3 Å². The molecule has 0 unspecified atom stereocenters. The topological polar surface area (TPSA) is 47.6 Å². The number of benzene rings is 2. The summed E-state index contributed by atoms with van der Waals surface area (Å²) in [5, 5.41) is 2.97. The molecule has 1 amide bonds. The van der Waals surface area contributed by atoms with Crippen molar-refractivity contribution in [2.24, 2.45) is 0 Å². The maximum absolute atomic E-state index is 13.9. The van der Waals surface area contributed by atoms with Crippen LogP contribution in [-0.4, -0.2) is 18.6 Å². The average molecular weight is 364 g/mol. The zero-order chi connectivity index (χ0) is 18.0. The normalized spacial score (nSPS) is 15.4. The van der Waals surface area contributed by atoms with Crippen LogP contribution in [0.3, 0.4) is 0 Å². The maximum Gasteiger partial charge on any atom is 0.254 e. The van der Waals surface area contributed by atoms with E-state index in [1.54, 1.807) is 0 Å². The molecule has 25 heavy (non-hydrogen) atoms. The van der Waals surface area contributed by atoms with Crippen molar-refractivity contribution < 1.29 is 18.7 Å². The van der Waals surface area contributed by atoms with E-state index in [0.29, 0.717) is 12.4 Å². The predicted octanol–water partition coefficient (Wildman–Crippen LogP) is 4.13. The summed E-state index contributed by atoms with van der Waals surface area (Å²) in [5.41, 5.74) is 1.83. The molecule has 0 bridgehead atoms. The molecule has 1 aliphatic heterocycles. The highest BCUT2D eigenvalue weighted by molar-refractivity contribution is 6.30. The van der Waals surface area contributed by atoms with E-state index in [4.69, 9.17) is 21.1 Å². The Morgan fingerprint density at radius 2 is 2.20 bits per heavy atom. The third-order valence-corrected chi connectivity index (χ3v) is 4.23. The molecule has 0 aliphatic carbocycles. The molecule has 1 heterocycles. The second kappa shape index (κ2) is 7.31. The molecule has 0 saturated heterocycles. The van der Waals surface area contributed by atoms with Gasteiger partial charge < -0.3 is 14.8 Å². The summed E-state index contributed by atoms with van der Waals surface area (Å²) in [6.07, 6.45) is 0.954. The molecule has 0 fully saturated rings. The molecule has 3 rings (SSSR count). The Morgan fingerprint density at radius 1 is 1.40 bits per heavy atom. The molecular formula is C19H19ClFNO3. The zero-order valence-corrected chi connectivity index (χ0v) is 14.8. The van der Waals surface area contributed by atoms with Gasteiger partial charge in [0.05, 0.1) is 12.2 Å². The number of amides is 1. The quantitative estimate of drug-likeness (QED) is 0.868.